The van der Waals surface area contributed by atoms with Crippen LogP contribution in [0.5, 0.6) is 0 Å². The van der Waals surface area contributed by atoms with E-state index in [-0.39, 0.29) is 11.9 Å². The lowest BCUT2D eigenvalue weighted by atomic mass is 10.1. The van der Waals surface area contributed by atoms with Crippen LogP contribution >= 0.6 is 0 Å². The average molecular weight is 315 g/mol. The Morgan fingerprint density at radius 2 is 2.26 bits per heavy atom. The fraction of sp³-hybridized carbons (Fsp3) is 0.500. The Hall–Kier alpha value is -2.28. The van der Waals surface area contributed by atoms with E-state index in [1.807, 2.05) is 13.8 Å². The molecule has 2 aromatic rings. The van der Waals surface area contributed by atoms with E-state index in [0.29, 0.717) is 13.0 Å². The Morgan fingerprint density at radius 3 is 2.96 bits per heavy atom. The summed E-state index contributed by atoms with van der Waals surface area (Å²) >= 11 is 0. The molecule has 122 valence electrons. The summed E-state index contributed by atoms with van der Waals surface area (Å²) in [5, 5.41) is 3.98. The fourth-order valence-corrected chi connectivity index (χ4v) is 3.19. The molecular formula is C16H21N5O2. The molecule has 1 aliphatic heterocycles. The zero-order chi connectivity index (χ0) is 16.4. The van der Waals surface area contributed by atoms with Crippen LogP contribution in [-0.2, 0) is 4.79 Å². The second kappa shape index (κ2) is 6.45. The number of aryl methyl sites for hydroxylation is 2. The SMILES string of the molecule is Cc1noc(C)c1-c1cncc(C2CCCN2CCC(N)=O)n1. The molecule has 0 aliphatic carbocycles. The normalized spacial score (nSPS) is 18.4. The number of hydrogen-bond acceptors (Lipinski definition) is 6. The number of hydrogen-bond donors (Lipinski definition) is 1. The summed E-state index contributed by atoms with van der Waals surface area (Å²) in [7, 11) is 0. The summed E-state index contributed by atoms with van der Waals surface area (Å²) < 4.78 is 5.22. The second-order valence-electron chi connectivity index (χ2n) is 5.94. The number of amides is 1. The van der Waals surface area contributed by atoms with Crippen molar-refractivity contribution in [1.29, 1.82) is 0 Å². The van der Waals surface area contributed by atoms with E-state index >= 15 is 0 Å². The largest absolute Gasteiger partial charge is 0.370 e. The van der Waals surface area contributed by atoms with Crippen LogP contribution in [0.2, 0.25) is 0 Å². The van der Waals surface area contributed by atoms with Crippen LogP contribution in [0.1, 0.15) is 42.5 Å². The van der Waals surface area contributed by atoms with Crippen molar-refractivity contribution in [1.82, 2.24) is 20.0 Å². The van der Waals surface area contributed by atoms with Gasteiger partial charge < -0.3 is 10.3 Å². The van der Waals surface area contributed by atoms with Crippen LogP contribution in [0.15, 0.2) is 16.9 Å². The minimum Gasteiger partial charge on any atom is -0.370 e. The number of carbonyl (C=O) groups excluding carboxylic acids is 1. The van der Waals surface area contributed by atoms with Gasteiger partial charge in [0.2, 0.25) is 5.91 Å². The third-order valence-electron chi connectivity index (χ3n) is 4.29. The van der Waals surface area contributed by atoms with E-state index in [9.17, 15) is 4.79 Å². The van der Waals surface area contributed by atoms with Crippen molar-refractivity contribution in [3.05, 3.63) is 29.5 Å². The topological polar surface area (TPSA) is 98.1 Å². The first kappa shape index (κ1) is 15.6. The van der Waals surface area contributed by atoms with E-state index in [1.54, 1.807) is 12.4 Å². The Bertz CT molecular complexity index is 693. The van der Waals surface area contributed by atoms with Gasteiger partial charge in [-0.05, 0) is 33.2 Å². The quantitative estimate of drug-likeness (QED) is 0.902. The van der Waals surface area contributed by atoms with Crippen LogP contribution in [0.3, 0.4) is 0 Å². The maximum Gasteiger partial charge on any atom is 0.218 e. The number of carbonyl (C=O) groups is 1. The lowest BCUT2D eigenvalue weighted by molar-refractivity contribution is -0.118. The summed E-state index contributed by atoms with van der Waals surface area (Å²) in [4.78, 5) is 22.4. The number of nitrogens with zero attached hydrogens (tertiary/aromatic N) is 4. The first-order valence-corrected chi connectivity index (χ1v) is 7.84. The first-order chi connectivity index (χ1) is 11.1. The maximum atomic E-state index is 11.0. The highest BCUT2D eigenvalue weighted by Crippen LogP contribution is 2.32. The zero-order valence-electron chi connectivity index (χ0n) is 13.5. The van der Waals surface area contributed by atoms with Gasteiger partial charge in [0.15, 0.2) is 0 Å². The molecule has 1 amide bonds. The third-order valence-corrected chi connectivity index (χ3v) is 4.29. The van der Waals surface area contributed by atoms with Gasteiger partial charge >= 0.3 is 0 Å². The molecule has 0 radical (unpaired) electrons. The molecule has 1 unspecified atom stereocenters. The van der Waals surface area contributed by atoms with Gasteiger partial charge in [-0.3, -0.25) is 14.7 Å². The Labute approximate surface area is 134 Å². The third kappa shape index (κ3) is 3.24. The summed E-state index contributed by atoms with van der Waals surface area (Å²) in [5.74, 6) is 0.470. The molecule has 23 heavy (non-hydrogen) atoms. The summed E-state index contributed by atoms with van der Waals surface area (Å²) in [5.41, 5.74) is 8.68. The van der Waals surface area contributed by atoms with Gasteiger partial charge in [-0.2, -0.15) is 0 Å². The minimum atomic E-state index is -0.272. The molecule has 7 heteroatoms. The van der Waals surface area contributed by atoms with Gasteiger partial charge in [0.25, 0.3) is 0 Å². The molecule has 1 aliphatic rings. The second-order valence-corrected chi connectivity index (χ2v) is 5.94. The monoisotopic (exact) mass is 315 g/mol. The minimum absolute atomic E-state index is 0.183. The highest BCUT2D eigenvalue weighted by molar-refractivity contribution is 5.73. The number of aromatic nitrogens is 3. The predicted molar refractivity (Wildman–Crippen MR) is 84.4 cm³/mol. The van der Waals surface area contributed by atoms with E-state index in [1.165, 1.54) is 0 Å². The molecule has 3 rings (SSSR count). The molecule has 1 saturated heterocycles. The van der Waals surface area contributed by atoms with Crippen LogP contribution in [0.4, 0.5) is 0 Å². The van der Waals surface area contributed by atoms with Crippen molar-refractivity contribution in [2.45, 2.75) is 39.2 Å². The van der Waals surface area contributed by atoms with Crippen molar-refractivity contribution in [2.24, 2.45) is 5.73 Å². The highest BCUT2D eigenvalue weighted by atomic mass is 16.5. The van der Waals surface area contributed by atoms with Gasteiger partial charge in [-0.15, -0.1) is 0 Å². The molecule has 0 saturated carbocycles. The Balaban J connectivity index is 1.86. The van der Waals surface area contributed by atoms with Crippen LogP contribution in [0.25, 0.3) is 11.3 Å². The first-order valence-electron chi connectivity index (χ1n) is 7.84. The van der Waals surface area contributed by atoms with Gasteiger partial charge in [0.05, 0.1) is 41.1 Å². The van der Waals surface area contributed by atoms with Crippen molar-refractivity contribution < 1.29 is 9.32 Å². The average Bonchev–Trinajstić information content (AvgIpc) is 3.12. The lowest BCUT2D eigenvalue weighted by Gasteiger charge is -2.23. The Morgan fingerprint density at radius 1 is 1.43 bits per heavy atom. The van der Waals surface area contributed by atoms with Gasteiger partial charge in [-0.1, -0.05) is 5.16 Å². The predicted octanol–water partition coefficient (Wildman–Crippen LogP) is 1.76. The van der Waals surface area contributed by atoms with Gasteiger partial charge in [0, 0.05) is 13.0 Å². The summed E-state index contributed by atoms with van der Waals surface area (Å²) in [6.07, 6.45) is 6.00. The van der Waals surface area contributed by atoms with Crippen molar-refractivity contribution >= 4 is 5.91 Å². The molecule has 1 fully saturated rings. The molecule has 0 aromatic carbocycles. The number of primary amides is 1. The van der Waals surface area contributed by atoms with E-state index in [0.717, 1.165) is 47.8 Å². The number of nitrogens with two attached hydrogens (primary N) is 1. The van der Waals surface area contributed by atoms with Gasteiger partial charge in [0.1, 0.15) is 5.76 Å². The lowest BCUT2D eigenvalue weighted by Crippen LogP contribution is -2.28. The number of likely N-dealkylation sites (tertiary alicyclic amines) is 1. The summed E-state index contributed by atoms with van der Waals surface area (Å²) in [6, 6.07) is 0.183. The van der Waals surface area contributed by atoms with E-state index in [4.69, 9.17) is 15.2 Å². The highest BCUT2D eigenvalue weighted by Gasteiger charge is 2.28. The number of rotatable bonds is 5. The fourth-order valence-electron chi connectivity index (χ4n) is 3.19. The molecule has 2 aromatic heterocycles. The zero-order valence-corrected chi connectivity index (χ0v) is 13.5. The Kier molecular flexibility index (Phi) is 4.38. The van der Waals surface area contributed by atoms with Gasteiger partial charge in [-0.25, -0.2) is 4.98 Å². The van der Waals surface area contributed by atoms with E-state index < -0.39 is 0 Å². The molecule has 0 bridgehead atoms. The summed E-state index contributed by atoms with van der Waals surface area (Å²) in [6.45, 7) is 5.39. The van der Waals surface area contributed by atoms with Crippen molar-refractivity contribution in [2.75, 3.05) is 13.1 Å². The maximum absolute atomic E-state index is 11.0. The molecule has 3 heterocycles. The molecule has 1 atom stereocenters. The van der Waals surface area contributed by atoms with E-state index in [2.05, 4.69) is 15.0 Å². The van der Waals surface area contributed by atoms with Crippen LogP contribution < -0.4 is 5.73 Å². The van der Waals surface area contributed by atoms with Crippen molar-refractivity contribution in [3.8, 4) is 11.3 Å². The smallest absolute Gasteiger partial charge is 0.218 e. The molecule has 7 nitrogen and oxygen atoms in total. The van der Waals surface area contributed by atoms with Crippen molar-refractivity contribution in [3.63, 3.8) is 0 Å². The molecule has 2 N–H and O–H groups in total. The van der Waals surface area contributed by atoms with Crippen LogP contribution in [-0.4, -0.2) is 39.0 Å². The molecule has 0 spiro atoms. The standard InChI is InChI=1S/C16H21N5O2/c1-10-16(11(2)23-20-10)13-9-18-8-12(19-13)14-4-3-6-21(14)7-5-15(17)22/h8-9,14H,3-7H2,1-2H3,(H2,17,22). The molecular weight excluding hydrogens is 294 g/mol. The van der Waals surface area contributed by atoms with Crippen LogP contribution in [0, 0.1) is 13.8 Å².